The Morgan fingerprint density at radius 1 is 1.73 bits per heavy atom. The van der Waals surface area contributed by atoms with Gasteiger partial charge in [0, 0.05) is 11.8 Å². The van der Waals surface area contributed by atoms with Gasteiger partial charge in [0.25, 0.3) is 0 Å². The minimum Gasteiger partial charge on any atom is -0.408 e. The summed E-state index contributed by atoms with van der Waals surface area (Å²) in [5, 5.41) is 10.3. The summed E-state index contributed by atoms with van der Waals surface area (Å²) in [7, 11) is -2.25. The second-order valence-corrected chi connectivity index (χ2v) is 6.89. The highest BCUT2D eigenvalue weighted by atomic mass is 32.7. The van der Waals surface area contributed by atoms with Crippen molar-refractivity contribution >= 4 is 25.3 Å². The summed E-state index contributed by atoms with van der Waals surface area (Å²) in [5.41, 5.74) is 4.38. The average Bonchev–Trinajstić information content (AvgIpc) is 2.91. The maximum Gasteiger partial charge on any atom is 0.372 e. The van der Waals surface area contributed by atoms with Crippen LogP contribution >= 0.6 is 7.23 Å². The van der Waals surface area contributed by atoms with Crippen LogP contribution in [0.5, 0.6) is 0 Å². The van der Waals surface area contributed by atoms with Gasteiger partial charge in [0.2, 0.25) is 0 Å². The number of rotatable bonds is 4. The molecule has 22 heavy (non-hydrogen) atoms. The van der Waals surface area contributed by atoms with E-state index in [0.29, 0.717) is 5.56 Å². The van der Waals surface area contributed by atoms with Crippen molar-refractivity contribution in [2.75, 3.05) is 18.9 Å². The fourth-order valence-corrected chi connectivity index (χ4v) is 3.14. The summed E-state index contributed by atoms with van der Waals surface area (Å²) in [6.45, 7) is 1.57. The fourth-order valence-electron chi connectivity index (χ4n) is 2.66. The summed E-state index contributed by atoms with van der Waals surface area (Å²) in [6, 6.07) is 0. The summed E-state index contributed by atoms with van der Waals surface area (Å²) < 4.78 is 28.3. The maximum atomic E-state index is 12.0. The molecule has 1 aromatic rings. The number of fused-ring (bicyclic) bond motifs is 2. The molecule has 0 radical (unpaired) electrons. The first-order chi connectivity index (χ1) is 10.3. The molecule has 9 nitrogen and oxygen atoms in total. The summed E-state index contributed by atoms with van der Waals surface area (Å²) in [4.78, 5) is 15.7. The molecule has 2 bridgehead atoms. The van der Waals surface area contributed by atoms with Crippen molar-refractivity contribution in [2.24, 2.45) is 0 Å². The van der Waals surface area contributed by atoms with E-state index in [1.807, 2.05) is 0 Å². The van der Waals surface area contributed by atoms with E-state index in [1.165, 1.54) is 10.8 Å². The number of hydrogen-bond acceptors (Lipinski definition) is 9. The zero-order chi connectivity index (χ0) is 16.1. The van der Waals surface area contributed by atoms with Crippen LogP contribution in [0.15, 0.2) is 11.0 Å². The Labute approximate surface area is 131 Å². The maximum absolute atomic E-state index is 12.0. The van der Waals surface area contributed by atoms with E-state index >= 15 is 0 Å². The monoisotopic (exact) mass is 347 g/mol. The zero-order valence-electron chi connectivity index (χ0n) is 11.5. The first-order valence-corrected chi connectivity index (χ1v) is 8.63. The first kappa shape index (κ1) is 15.9. The summed E-state index contributed by atoms with van der Waals surface area (Å²) >= 11 is 4.47. The number of nitrogens with zero attached hydrogens (tertiary/aromatic N) is 2. The van der Waals surface area contributed by atoms with Gasteiger partial charge in [-0.05, 0) is 6.92 Å². The smallest absolute Gasteiger partial charge is 0.372 e. The number of aryl methyl sites for hydroxylation is 1. The third-order valence-electron chi connectivity index (χ3n) is 3.87. The van der Waals surface area contributed by atoms with Gasteiger partial charge < -0.3 is 32.6 Å². The topological polar surface area (TPSA) is 126 Å². The van der Waals surface area contributed by atoms with Crippen LogP contribution in [0.4, 0.5) is 5.82 Å². The molecule has 2 aliphatic heterocycles. The third kappa shape index (κ3) is 2.45. The Morgan fingerprint density at radius 3 is 3.14 bits per heavy atom. The molecule has 120 valence electrons. The number of aliphatic hydroxyl groups excluding tert-OH is 1. The zero-order valence-corrected chi connectivity index (χ0v) is 13.3. The molecule has 0 spiro atoms. The van der Waals surface area contributed by atoms with Crippen molar-refractivity contribution in [3.05, 3.63) is 22.2 Å². The molecule has 0 aromatic carbocycles. The molecular formula is C11H14N3O6PS. The van der Waals surface area contributed by atoms with Gasteiger partial charge in [-0.1, -0.05) is 4.57 Å². The lowest BCUT2D eigenvalue weighted by atomic mass is 10.0. The lowest BCUT2D eigenvalue weighted by molar-refractivity contribution is -0.184. The molecule has 1 aromatic heterocycles. The van der Waals surface area contributed by atoms with Crippen LogP contribution in [0.3, 0.4) is 0 Å². The molecule has 3 N–H and O–H groups in total. The van der Waals surface area contributed by atoms with Gasteiger partial charge in [0.05, 0.1) is 6.61 Å². The predicted molar refractivity (Wildman–Crippen MR) is 77.2 cm³/mol. The number of ether oxygens (including phenoxy) is 2. The van der Waals surface area contributed by atoms with Gasteiger partial charge in [-0.2, -0.15) is 9.51 Å². The normalized spacial score (nSPS) is 34.1. The highest BCUT2D eigenvalue weighted by Crippen LogP contribution is 2.45. The van der Waals surface area contributed by atoms with Gasteiger partial charge in [0.1, 0.15) is 24.6 Å². The van der Waals surface area contributed by atoms with Crippen molar-refractivity contribution in [3.63, 3.8) is 0 Å². The second-order valence-electron chi connectivity index (χ2n) is 5.29. The SMILES string of the molecule is Cc1cn([C@@H]2O[C@@]3(CO[P+](=O)[S-])COC2[C@@H]3O)c(=O)nc1N. The Balaban J connectivity index is 1.91. The number of anilines is 1. The third-order valence-corrected chi connectivity index (χ3v) is 4.53. The number of hydrogen-bond donors (Lipinski definition) is 2. The molecule has 2 fully saturated rings. The molecule has 0 aliphatic carbocycles. The van der Waals surface area contributed by atoms with Crippen molar-refractivity contribution in [3.8, 4) is 0 Å². The Bertz CT molecular complexity index is 684. The van der Waals surface area contributed by atoms with E-state index in [4.69, 9.17) is 19.7 Å². The lowest BCUT2D eigenvalue weighted by Gasteiger charge is -2.29. The number of nitrogen functional groups attached to an aromatic ring is 1. The first-order valence-electron chi connectivity index (χ1n) is 6.44. The van der Waals surface area contributed by atoms with Gasteiger partial charge >= 0.3 is 12.9 Å². The van der Waals surface area contributed by atoms with Crippen LogP contribution in [0, 0.1) is 6.92 Å². The Morgan fingerprint density at radius 2 is 2.45 bits per heavy atom. The van der Waals surface area contributed by atoms with Crippen LogP contribution in [0.25, 0.3) is 0 Å². The molecule has 11 heteroatoms. The lowest BCUT2D eigenvalue weighted by Crippen LogP contribution is -2.45. The van der Waals surface area contributed by atoms with Crippen LogP contribution in [-0.4, -0.2) is 45.7 Å². The van der Waals surface area contributed by atoms with Crippen molar-refractivity contribution < 1.29 is 23.7 Å². The number of aliphatic hydroxyl groups is 1. The summed E-state index contributed by atoms with van der Waals surface area (Å²) in [6.07, 6.45) is -1.16. The molecule has 5 atom stereocenters. The van der Waals surface area contributed by atoms with E-state index < -0.39 is 37.0 Å². The second kappa shape index (κ2) is 5.55. The van der Waals surface area contributed by atoms with Crippen LogP contribution in [0.1, 0.15) is 11.8 Å². The molecule has 2 aliphatic rings. The van der Waals surface area contributed by atoms with Crippen LogP contribution in [-0.2, 0) is 30.8 Å². The van der Waals surface area contributed by atoms with E-state index in [9.17, 15) is 14.5 Å². The largest absolute Gasteiger partial charge is 0.408 e. The molecule has 2 unspecified atom stereocenters. The predicted octanol–water partition coefficient (Wildman–Crippen LogP) is -0.618. The van der Waals surface area contributed by atoms with E-state index in [1.54, 1.807) is 6.92 Å². The van der Waals surface area contributed by atoms with Crippen molar-refractivity contribution in [1.82, 2.24) is 9.55 Å². The number of nitrogens with two attached hydrogens (primary N) is 1. The van der Waals surface area contributed by atoms with Crippen molar-refractivity contribution in [1.29, 1.82) is 0 Å². The minimum atomic E-state index is -2.25. The van der Waals surface area contributed by atoms with Gasteiger partial charge in [-0.3, -0.25) is 4.57 Å². The van der Waals surface area contributed by atoms with Gasteiger partial charge in [-0.25, -0.2) is 4.79 Å². The van der Waals surface area contributed by atoms with E-state index in [2.05, 4.69) is 17.2 Å². The van der Waals surface area contributed by atoms with Gasteiger partial charge in [0.15, 0.2) is 11.8 Å². The van der Waals surface area contributed by atoms with E-state index in [0.717, 1.165) is 0 Å². The van der Waals surface area contributed by atoms with Gasteiger partial charge in [-0.15, -0.1) is 0 Å². The standard InChI is InChI=1S/C11H14N3O6PS/c1-5-2-14(10(16)13-8(5)12)9-6-7(15)11(20-9,3-18-6)4-19-21(17)22/h2,6-7,9,15H,3-4H2,1H3,(H2,12,13,16)/t6?,7-,9+,11+/m0/s1. The molecular weight excluding hydrogens is 333 g/mol. The van der Waals surface area contributed by atoms with Crippen LogP contribution < -0.4 is 11.4 Å². The minimum absolute atomic E-state index is 0.0595. The number of aromatic nitrogens is 2. The quantitative estimate of drug-likeness (QED) is 0.541. The van der Waals surface area contributed by atoms with Crippen LogP contribution in [0.2, 0.25) is 0 Å². The molecule has 0 saturated carbocycles. The highest BCUT2D eigenvalue weighted by Gasteiger charge is 2.62. The Kier molecular flexibility index (Phi) is 4.00. The fraction of sp³-hybridized carbons (Fsp3) is 0.636. The highest BCUT2D eigenvalue weighted by molar-refractivity contribution is 8.25. The van der Waals surface area contributed by atoms with E-state index in [-0.39, 0.29) is 19.0 Å². The molecule has 3 rings (SSSR count). The summed E-state index contributed by atoms with van der Waals surface area (Å²) in [5.74, 6) is 0.132. The molecule has 2 saturated heterocycles. The molecule has 3 heterocycles. The average molecular weight is 347 g/mol. The molecule has 0 amide bonds. The van der Waals surface area contributed by atoms with Crippen molar-refractivity contribution in [2.45, 2.75) is 31.0 Å². The Hall–Kier alpha value is -1.03.